The summed E-state index contributed by atoms with van der Waals surface area (Å²) in [5.41, 5.74) is 4.97. The number of primary amides is 1. The molecule has 2 rings (SSSR count). The van der Waals surface area contributed by atoms with Crippen LogP contribution >= 0.6 is 0 Å². The maximum absolute atomic E-state index is 11.7. The van der Waals surface area contributed by atoms with E-state index in [0.717, 1.165) is 57.1 Å². The summed E-state index contributed by atoms with van der Waals surface area (Å²) in [6.07, 6.45) is 5.34. The lowest BCUT2D eigenvalue weighted by atomic mass is 9.82. The second-order valence-electron chi connectivity index (χ2n) is 8.23. The number of amides is 1. The number of hydrogen-bond acceptors (Lipinski definition) is 3. The molecule has 144 valence electrons. The number of nitrogens with one attached hydrogen (secondary N) is 1. The largest absolute Gasteiger partial charge is 0.368 e. The number of rotatable bonds is 5. The molecule has 6 nitrogen and oxygen atoms in total. The Morgan fingerprint density at radius 2 is 1.92 bits per heavy atom. The van der Waals surface area contributed by atoms with Crippen LogP contribution in [-0.4, -0.2) is 66.5 Å². The average Bonchev–Trinajstić information content (AvgIpc) is 2.58. The number of carbonyl (C=O) groups is 1. The smallest absolute Gasteiger partial charge is 0.237 e. The summed E-state index contributed by atoms with van der Waals surface area (Å²) < 4.78 is 0. The standard InChI is InChI=1S/C19H37N5O/c1-5-21-18(22-14-16-8-6-7-15(2)13-16)23-9-11-24(12-10-23)19(3,4)17(20)25/h15-16H,5-14H2,1-4H3,(H2,20,25)(H,21,22). The second kappa shape index (κ2) is 8.88. The van der Waals surface area contributed by atoms with Crippen molar-refractivity contribution in [3.8, 4) is 0 Å². The monoisotopic (exact) mass is 351 g/mol. The van der Waals surface area contributed by atoms with Crippen LogP contribution in [0.15, 0.2) is 4.99 Å². The van der Waals surface area contributed by atoms with Gasteiger partial charge in [0.05, 0.1) is 5.54 Å². The maximum atomic E-state index is 11.7. The van der Waals surface area contributed by atoms with Crippen LogP contribution < -0.4 is 11.1 Å². The molecule has 0 bridgehead atoms. The van der Waals surface area contributed by atoms with Gasteiger partial charge < -0.3 is 16.0 Å². The van der Waals surface area contributed by atoms with Crippen molar-refractivity contribution in [3.63, 3.8) is 0 Å². The third-order valence-electron chi connectivity index (χ3n) is 5.85. The maximum Gasteiger partial charge on any atom is 0.237 e. The first-order valence-corrected chi connectivity index (χ1v) is 9.92. The Labute approximate surface area is 153 Å². The quantitative estimate of drug-likeness (QED) is 0.583. The number of carbonyl (C=O) groups excluding carboxylic acids is 1. The van der Waals surface area contributed by atoms with Gasteiger partial charge in [0, 0.05) is 39.3 Å². The minimum absolute atomic E-state index is 0.257. The molecule has 0 radical (unpaired) electrons. The van der Waals surface area contributed by atoms with Gasteiger partial charge >= 0.3 is 0 Å². The van der Waals surface area contributed by atoms with Crippen molar-refractivity contribution in [3.05, 3.63) is 0 Å². The summed E-state index contributed by atoms with van der Waals surface area (Å²) >= 11 is 0. The van der Waals surface area contributed by atoms with Crippen molar-refractivity contribution in [2.75, 3.05) is 39.3 Å². The highest BCUT2D eigenvalue weighted by Gasteiger charge is 2.35. The van der Waals surface area contributed by atoms with E-state index >= 15 is 0 Å². The number of hydrogen-bond donors (Lipinski definition) is 2. The molecule has 1 saturated carbocycles. The summed E-state index contributed by atoms with van der Waals surface area (Å²) in [5, 5.41) is 3.45. The molecule has 1 saturated heterocycles. The highest BCUT2D eigenvalue weighted by Crippen LogP contribution is 2.28. The van der Waals surface area contributed by atoms with Crippen molar-refractivity contribution >= 4 is 11.9 Å². The van der Waals surface area contributed by atoms with Crippen molar-refractivity contribution in [2.24, 2.45) is 22.6 Å². The molecule has 1 heterocycles. The Morgan fingerprint density at radius 1 is 1.24 bits per heavy atom. The first-order chi connectivity index (χ1) is 11.8. The highest BCUT2D eigenvalue weighted by atomic mass is 16.1. The molecule has 3 N–H and O–H groups in total. The third kappa shape index (κ3) is 5.33. The summed E-state index contributed by atoms with van der Waals surface area (Å²) in [6, 6.07) is 0. The SMILES string of the molecule is CCNC(=NCC1CCCC(C)C1)N1CCN(C(C)(C)C(N)=O)CC1. The molecule has 6 heteroatoms. The van der Waals surface area contributed by atoms with Gasteiger partial charge in [-0.1, -0.05) is 19.8 Å². The molecule has 1 aliphatic heterocycles. The van der Waals surface area contributed by atoms with Crippen LogP contribution in [0.4, 0.5) is 0 Å². The molecule has 25 heavy (non-hydrogen) atoms. The van der Waals surface area contributed by atoms with Crippen LogP contribution in [0.2, 0.25) is 0 Å². The van der Waals surface area contributed by atoms with Crippen LogP contribution in [0, 0.1) is 11.8 Å². The van der Waals surface area contributed by atoms with E-state index in [2.05, 4.69) is 29.0 Å². The van der Waals surface area contributed by atoms with E-state index in [1.165, 1.54) is 25.7 Å². The lowest BCUT2D eigenvalue weighted by molar-refractivity contribution is -0.129. The number of nitrogens with two attached hydrogens (primary N) is 1. The van der Waals surface area contributed by atoms with Gasteiger partial charge in [-0.2, -0.15) is 0 Å². The summed E-state index contributed by atoms with van der Waals surface area (Å²) in [7, 11) is 0. The van der Waals surface area contributed by atoms with E-state index in [4.69, 9.17) is 10.7 Å². The Kier molecular flexibility index (Phi) is 7.11. The highest BCUT2D eigenvalue weighted by molar-refractivity contribution is 5.84. The first kappa shape index (κ1) is 20.0. The minimum Gasteiger partial charge on any atom is -0.368 e. The Bertz CT molecular complexity index is 468. The van der Waals surface area contributed by atoms with Crippen LogP contribution in [-0.2, 0) is 4.79 Å². The molecular formula is C19H37N5O. The molecule has 2 unspecified atom stereocenters. The Morgan fingerprint density at radius 3 is 2.48 bits per heavy atom. The fraction of sp³-hybridized carbons (Fsp3) is 0.895. The van der Waals surface area contributed by atoms with Crippen molar-refractivity contribution in [1.29, 1.82) is 0 Å². The Hall–Kier alpha value is -1.30. The molecule has 0 spiro atoms. The predicted molar refractivity (Wildman–Crippen MR) is 104 cm³/mol. The zero-order chi connectivity index (χ0) is 18.4. The lowest BCUT2D eigenvalue weighted by Crippen LogP contribution is -2.61. The van der Waals surface area contributed by atoms with Gasteiger partial charge in [-0.3, -0.25) is 14.7 Å². The van der Waals surface area contributed by atoms with E-state index < -0.39 is 5.54 Å². The van der Waals surface area contributed by atoms with Gasteiger partial charge in [0.15, 0.2) is 5.96 Å². The molecule has 2 atom stereocenters. The average molecular weight is 352 g/mol. The molecular weight excluding hydrogens is 314 g/mol. The molecule has 1 aliphatic carbocycles. The topological polar surface area (TPSA) is 74.0 Å². The normalized spacial score (nSPS) is 26.6. The first-order valence-electron chi connectivity index (χ1n) is 9.92. The number of nitrogens with zero attached hydrogens (tertiary/aromatic N) is 3. The van der Waals surface area contributed by atoms with Gasteiger partial charge in [-0.15, -0.1) is 0 Å². The third-order valence-corrected chi connectivity index (χ3v) is 5.85. The zero-order valence-electron chi connectivity index (χ0n) is 16.6. The fourth-order valence-electron chi connectivity index (χ4n) is 4.00. The minimum atomic E-state index is -0.584. The molecule has 0 aromatic rings. The number of guanidine groups is 1. The van der Waals surface area contributed by atoms with Crippen LogP contribution in [0.1, 0.15) is 53.4 Å². The summed E-state index contributed by atoms with van der Waals surface area (Å²) in [4.78, 5) is 21.1. The van der Waals surface area contributed by atoms with Crippen LogP contribution in [0.3, 0.4) is 0 Å². The number of piperazine rings is 1. The molecule has 2 aliphatic rings. The van der Waals surface area contributed by atoms with Crippen LogP contribution in [0.25, 0.3) is 0 Å². The molecule has 2 fully saturated rings. The van der Waals surface area contributed by atoms with Crippen molar-refractivity contribution in [2.45, 2.75) is 58.9 Å². The van der Waals surface area contributed by atoms with Gasteiger partial charge in [-0.05, 0) is 45.4 Å². The van der Waals surface area contributed by atoms with Gasteiger partial charge in [-0.25, -0.2) is 0 Å². The van der Waals surface area contributed by atoms with Gasteiger partial charge in [0.25, 0.3) is 0 Å². The van der Waals surface area contributed by atoms with Gasteiger partial charge in [0.2, 0.25) is 5.91 Å². The van der Waals surface area contributed by atoms with Gasteiger partial charge in [0.1, 0.15) is 0 Å². The summed E-state index contributed by atoms with van der Waals surface area (Å²) in [5.74, 6) is 2.34. The van der Waals surface area contributed by atoms with E-state index in [1.807, 2.05) is 13.8 Å². The number of aliphatic imine (C=N–C) groups is 1. The molecule has 0 aromatic carbocycles. The Balaban J connectivity index is 1.92. The lowest BCUT2D eigenvalue weighted by Gasteiger charge is -2.43. The van der Waals surface area contributed by atoms with E-state index in [9.17, 15) is 4.79 Å². The molecule has 0 aromatic heterocycles. The van der Waals surface area contributed by atoms with Crippen molar-refractivity contribution < 1.29 is 4.79 Å². The summed E-state index contributed by atoms with van der Waals surface area (Å²) in [6.45, 7) is 13.5. The molecule has 1 amide bonds. The fourth-order valence-corrected chi connectivity index (χ4v) is 4.00. The van der Waals surface area contributed by atoms with E-state index in [0.29, 0.717) is 0 Å². The van der Waals surface area contributed by atoms with E-state index in [1.54, 1.807) is 0 Å². The second-order valence-corrected chi connectivity index (χ2v) is 8.23. The van der Waals surface area contributed by atoms with Crippen LogP contribution in [0.5, 0.6) is 0 Å². The predicted octanol–water partition coefficient (Wildman–Crippen LogP) is 1.66. The zero-order valence-corrected chi connectivity index (χ0v) is 16.6. The van der Waals surface area contributed by atoms with E-state index in [-0.39, 0.29) is 5.91 Å². The van der Waals surface area contributed by atoms with Crippen molar-refractivity contribution in [1.82, 2.24) is 15.1 Å².